The Balaban J connectivity index is 3.33. The van der Waals surface area contributed by atoms with Gasteiger partial charge in [0.25, 0.3) is 0 Å². The van der Waals surface area contributed by atoms with Gasteiger partial charge in [-0.2, -0.15) is 0 Å². The number of hydrogen-bond acceptors (Lipinski definition) is 1. The molecule has 0 unspecified atom stereocenters. The van der Waals surface area contributed by atoms with Crippen molar-refractivity contribution in [3.63, 3.8) is 0 Å². The largest absolute Gasteiger partial charge is 0.330 e. The van der Waals surface area contributed by atoms with Gasteiger partial charge in [0, 0.05) is 6.42 Å². The molecule has 0 aliphatic carbocycles. The van der Waals surface area contributed by atoms with Crippen molar-refractivity contribution in [2.24, 2.45) is 5.73 Å². The first-order valence-corrected chi connectivity index (χ1v) is 3.64. The zero-order chi connectivity index (χ0) is 7.33. The van der Waals surface area contributed by atoms with Crippen LogP contribution in [0.4, 0.5) is 0 Å². The Kier molecular flexibility index (Phi) is 3.82. The molecule has 2 nitrogen and oxygen atoms in total. The molecule has 0 aliphatic rings. The van der Waals surface area contributed by atoms with Gasteiger partial charge < -0.3 is 10.2 Å². The quantitative estimate of drug-likeness (QED) is 0.550. The van der Waals surface area contributed by atoms with E-state index in [1.165, 1.54) is 13.1 Å². The summed E-state index contributed by atoms with van der Waals surface area (Å²) >= 11 is 0. The molecule has 0 atom stereocenters. The monoisotopic (exact) mass is 131 g/mol. The zero-order valence-corrected chi connectivity index (χ0v) is 6.85. The lowest BCUT2D eigenvalue weighted by Crippen LogP contribution is -2.40. The van der Waals surface area contributed by atoms with Crippen molar-refractivity contribution in [1.82, 2.24) is 0 Å². The number of hydrogen-bond donors (Lipinski definition) is 1. The molecule has 0 spiro atoms. The van der Waals surface area contributed by atoms with E-state index >= 15 is 0 Å². The van der Waals surface area contributed by atoms with E-state index in [1.54, 1.807) is 0 Å². The van der Waals surface area contributed by atoms with Crippen LogP contribution >= 0.6 is 0 Å². The highest BCUT2D eigenvalue weighted by Crippen LogP contribution is 1.95. The Morgan fingerprint density at radius 2 is 1.89 bits per heavy atom. The summed E-state index contributed by atoms with van der Waals surface area (Å²) in [7, 11) is 4.46. The average molecular weight is 131 g/mol. The second-order valence-electron chi connectivity index (χ2n) is 3.12. The van der Waals surface area contributed by atoms with E-state index in [2.05, 4.69) is 21.0 Å². The molecule has 0 aromatic carbocycles. The Morgan fingerprint density at radius 3 is 2.22 bits per heavy atom. The summed E-state index contributed by atoms with van der Waals surface area (Å²) in [6, 6.07) is 0. The molecule has 0 aromatic heterocycles. The van der Waals surface area contributed by atoms with E-state index in [0.717, 1.165) is 17.4 Å². The summed E-state index contributed by atoms with van der Waals surface area (Å²) in [5.41, 5.74) is 5.38. The zero-order valence-electron chi connectivity index (χ0n) is 6.85. The summed E-state index contributed by atoms with van der Waals surface area (Å²) in [5, 5.41) is 0. The molecule has 0 amide bonds. The fourth-order valence-corrected chi connectivity index (χ4v) is 0.677. The van der Waals surface area contributed by atoms with Crippen LogP contribution in [-0.4, -0.2) is 38.2 Å². The molecular formula is C7H19N2+. The van der Waals surface area contributed by atoms with Crippen molar-refractivity contribution in [1.29, 1.82) is 0 Å². The maximum atomic E-state index is 5.38. The van der Waals surface area contributed by atoms with Gasteiger partial charge in [0.05, 0.1) is 27.2 Å². The Hall–Kier alpha value is -0.0800. The number of nitrogens with zero attached hydrogens (tertiary/aromatic N) is 1. The van der Waals surface area contributed by atoms with E-state index < -0.39 is 0 Å². The lowest BCUT2D eigenvalue weighted by molar-refractivity contribution is -0.888. The first-order chi connectivity index (χ1) is 4.12. The van der Waals surface area contributed by atoms with Gasteiger partial charge in [0.1, 0.15) is 0 Å². The standard InChI is InChI=1S/C7H19N2/c1-4-9(2,3)7-5-6-8/h4-8H2,1-3H3/q+1. The van der Waals surface area contributed by atoms with Crippen LogP contribution in [0.15, 0.2) is 0 Å². The Labute approximate surface area is 58.2 Å². The van der Waals surface area contributed by atoms with Gasteiger partial charge in [-0.15, -0.1) is 0 Å². The van der Waals surface area contributed by atoms with E-state index in [9.17, 15) is 0 Å². The van der Waals surface area contributed by atoms with Crippen LogP contribution in [0.5, 0.6) is 0 Å². The summed E-state index contributed by atoms with van der Waals surface area (Å²) < 4.78 is 1.09. The number of quaternary nitrogens is 1. The lowest BCUT2D eigenvalue weighted by atomic mass is 10.3. The summed E-state index contributed by atoms with van der Waals surface area (Å²) in [5.74, 6) is 0. The van der Waals surface area contributed by atoms with Crippen LogP contribution in [0.3, 0.4) is 0 Å². The molecule has 0 saturated carbocycles. The van der Waals surface area contributed by atoms with E-state index in [0.29, 0.717) is 0 Å². The SMILES string of the molecule is CC[N+](C)(C)CCCN. The first kappa shape index (κ1) is 8.92. The highest BCUT2D eigenvalue weighted by Gasteiger charge is 2.08. The summed E-state index contributed by atoms with van der Waals surface area (Å²) in [6.45, 7) is 5.42. The summed E-state index contributed by atoms with van der Waals surface area (Å²) in [6.07, 6.45) is 1.14. The van der Waals surface area contributed by atoms with Crippen LogP contribution in [0, 0.1) is 0 Å². The predicted octanol–water partition coefficient (Wildman–Crippen LogP) is 0.432. The molecule has 2 N–H and O–H groups in total. The van der Waals surface area contributed by atoms with Crippen LogP contribution in [0.2, 0.25) is 0 Å². The minimum atomic E-state index is 0.821. The van der Waals surface area contributed by atoms with Gasteiger partial charge in [-0.1, -0.05) is 0 Å². The minimum absolute atomic E-state index is 0.821. The topological polar surface area (TPSA) is 26.0 Å². The molecular weight excluding hydrogens is 112 g/mol. The van der Waals surface area contributed by atoms with Crippen molar-refractivity contribution in [2.45, 2.75) is 13.3 Å². The second kappa shape index (κ2) is 3.85. The van der Waals surface area contributed by atoms with Crippen molar-refractivity contribution >= 4 is 0 Å². The first-order valence-electron chi connectivity index (χ1n) is 3.64. The minimum Gasteiger partial charge on any atom is -0.330 e. The number of nitrogens with two attached hydrogens (primary N) is 1. The lowest BCUT2D eigenvalue weighted by Gasteiger charge is -2.27. The second-order valence-corrected chi connectivity index (χ2v) is 3.12. The predicted molar refractivity (Wildman–Crippen MR) is 41.2 cm³/mol. The van der Waals surface area contributed by atoms with Gasteiger partial charge in [-0.3, -0.25) is 0 Å². The van der Waals surface area contributed by atoms with E-state index in [-0.39, 0.29) is 0 Å². The van der Waals surface area contributed by atoms with Crippen molar-refractivity contribution in [3.05, 3.63) is 0 Å². The maximum Gasteiger partial charge on any atom is 0.0794 e. The fraction of sp³-hybridized carbons (Fsp3) is 1.00. The normalized spacial score (nSPS) is 12.0. The van der Waals surface area contributed by atoms with E-state index in [4.69, 9.17) is 5.73 Å². The van der Waals surface area contributed by atoms with Crippen LogP contribution in [0.1, 0.15) is 13.3 Å². The third-order valence-corrected chi connectivity index (χ3v) is 1.82. The molecule has 0 heterocycles. The third kappa shape index (κ3) is 4.43. The Morgan fingerprint density at radius 1 is 1.33 bits per heavy atom. The maximum absolute atomic E-state index is 5.38. The molecule has 0 aliphatic heterocycles. The van der Waals surface area contributed by atoms with Crippen molar-refractivity contribution in [3.8, 4) is 0 Å². The van der Waals surface area contributed by atoms with Crippen molar-refractivity contribution in [2.75, 3.05) is 33.7 Å². The smallest absolute Gasteiger partial charge is 0.0794 e. The fourth-order valence-electron chi connectivity index (χ4n) is 0.677. The van der Waals surface area contributed by atoms with Gasteiger partial charge >= 0.3 is 0 Å². The van der Waals surface area contributed by atoms with Gasteiger partial charge in [-0.25, -0.2) is 0 Å². The molecule has 9 heavy (non-hydrogen) atoms. The third-order valence-electron chi connectivity index (χ3n) is 1.82. The van der Waals surface area contributed by atoms with Crippen LogP contribution in [-0.2, 0) is 0 Å². The molecule has 0 aromatic rings. The molecule has 56 valence electrons. The van der Waals surface area contributed by atoms with Crippen LogP contribution < -0.4 is 5.73 Å². The van der Waals surface area contributed by atoms with Gasteiger partial charge in [0.15, 0.2) is 0 Å². The highest BCUT2D eigenvalue weighted by molar-refractivity contribution is 4.35. The molecule has 2 heteroatoms. The van der Waals surface area contributed by atoms with Crippen molar-refractivity contribution < 1.29 is 4.48 Å². The highest BCUT2D eigenvalue weighted by atomic mass is 15.3. The van der Waals surface area contributed by atoms with E-state index in [1.807, 2.05) is 0 Å². The molecule has 0 fully saturated rings. The Bertz CT molecular complexity index is 69.3. The van der Waals surface area contributed by atoms with Gasteiger partial charge in [-0.05, 0) is 13.5 Å². The van der Waals surface area contributed by atoms with Crippen LogP contribution in [0.25, 0.3) is 0 Å². The molecule has 0 rings (SSSR count). The summed E-state index contributed by atoms with van der Waals surface area (Å²) in [4.78, 5) is 0. The average Bonchev–Trinajstić information content (AvgIpc) is 1.84. The molecule has 0 radical (unpaired) electrons. The number of rotatable bonds is 4. The molecule has 0 saturated heterocycles. The van der Waals surface area contributed by atoms with Gasteiger partial charge in [0.2, 0.25) is 0 Å². The molecule has 0 bridgehead atoms.